The van der Waals surface area contributed by atoms with Gasteiger partial charge in [0.2, 0.25) is 0 Å². The number of ketones is 1. The smallest absolute Gasteiger partial charge is 0.277 e. The van der Waals surface area contributed by atoms with Crippen molar-refractivity contribution >= 4 is 34.4 Å². The van der Waals surface area contributed by atoms with Crippen molar-refractivity contribution in [2.45, 2.75) is 5.60 Å². The van der Waals surface area contributed by atoms with Crippen LogP contribution in [-0.4, -0.2) is 31.1 Å². The van der Waals surface area contributed by atoms with E-state index in [9.17, 15) is 9.59 Å². The zero-order valence-electron chi connectivity index (χ0n) is 17.4. The Labute approximate surface area is 193 Å². The molecule has 8 nitrogen and oxygen atoms in total. The lowest BCUT2D eigenvalue weighted by Gasteiger charge is -2.26. The number of thiophene rings is 1. The molecule has 1 aromatic heterocycles. The SMILES string of the molecule is COc1cc(C2=NO[C@@]3(C(=O)Nc4ccccc43)[C@@H]2C(=O)c2cccs2)ccc1OCC#N. The van der Waals surface area contributed by atoms with Crippen LogP contribution in [0.2, 0.25) is 0 Å². The molecule has 0 saturated heterocycles. The van der Waals surface area contributed by atoms with Crippen molar-refractivity contribution in [3.63, 3.8) is 0 Å². The average molecular weight is 459 g/mol. The molecule has 5 rings (SSSR count). The highest BCUT2D eigenvalue weighted by atomic mass is 32.1. The fourth-order valence-electron chi connectivity index (χ4n) is 4.20. The Morgan fingerprint density at radius 1 is 1.24 bits per heavy atom. The quantitative estimate of drug-likeness (QED) is 0.563. The number of nitrogens with zero attached hydrogens (tertiary/aromatic N) is 2. The normalized spacial score (nSPS) is 20.4. The second-order valence-electron chi connectivity index (χ2n) is 7.39. The maximum atomic E-state index is 13.7. The van der Waals surface area contributed by atoms with E-state index in [4.69, 9.17) is 19.6 Å². The van der Waals surface area contributed by atoms with Gasteiger partial charge >= 0.3 is 0 Å². The number of carbonyl (C=O) groups excluding carboxylic acids is 2. The van der Waals surface area contributed by atoms with E-state index in [1.54, 1.807) is 60.0 Å². The number of benzene rings is 2. The van der Waals surface area contributed by atoms with Crippen LogP contribution in [0.5, 0.6) is 11.5 Å². The summed E-state index contributed by atoms with van der Waals surface area (Å²) in [5, 5.41) is 17.7. The Morgan fingerprint density at radius 3 is 2.85 bits per heavy atom. The number of methoxy groups -OCH3 is 1. The summed E-state index contributed by atoms with van der Waals surface area (Å²) in [5.74, 6) is -0.988. The summed E-state index contributed by atoms with van der Waals surface area (Å²) in [4.78, 5) is 33.4. The van der Waals surface area contributed by atoms with Crippen molar-refractivity contribution in [3.8, 4) is 17.6 Å². The summed E-state index contributed by atoms with van der Waals surface area (Å²) < 4.78 is 10.8. The minimum Gasteiger partial charge on any atom is -0.493 e. The Morgan fingerprint density at radius 2 is 2.09 bits per heavy atom. The predicted molar refractivity (Wildman–Crippen MR) is 121 cm³/mol. The van der Waals surface area contributed by atoms with Crippen LogP contribution in [0.3, 0.4) is 0 Å². The first-order valence-corrected chi connectivity index (χ1v) is 10.9. The molecule has 1 spiro atoms. The van der Waals surface area contributed by atoms with Crippen molar-refractivity contribution in [1.29, 1.82) is 5.26 Å². The van der Waals surface area contributed by atoms with Gasteiger partial charge in [-0.2, -0.15) is 5.26 Å². The lowest BCUT2D eigenvalue weighted by Crippen LogP contribution is -2.46. The Kier molecular flexibility index (Phi) is 5.07. The lowest BCUT2D eigenvalue weighted by molar-refractivity contribution is -0.140. The van der Waals surface area contributed by atoms with Crippen LogP contribution >= 0.6 is 11.3 Å². The fourth-order valence-corrected chi connectivity index (χ4v) is 4.89. The minimum absolute atomic E-state index is 0.140. The van der Waals surface area contributed by atoms with Gasteiger partial charge in [0, 0.05) is 16.8 Å². The fraction of sp³-hybridized carbons (Fsp3) is 0.167. The molecule has 1 amide bonds. The van der Waals surface area contributed by atoms with Crippen molar-refractivity contribution in [3.05, 3.63) is 76.0 Å². The highest BCUT2D eigenvalue weighted by Crippen LogP contribution is 2.50. The van der Waals surface area contributed by atoms with Crippen LogP contribution in [0.15, 0.2) is 65.1 Å². The zero-order valence-corrected chi connectivity index (χ0v) is 18.2. The summed E-state index contributed by atoms with van der Waals surface area (Å²) in [7, 11) is 1.47. The van der Waals surface area contributed by atoms with Crippen LogP contribution in [0, 0.1) is 17.2 Å². The number of Topliss-reactive ketones (excluding diaryl/α,β-unsaturated/α-hetero) is 1. The predicted octanol–water partition coefficient (Wildman–Crippen LogP) is 3.74. The molecule has 0 unspecified atom stereocenters. The van der Waals surface area contributed by atoms with E-state index in [2.05, 4.69) is 10.5 Å². The highest BCUT2D eigenvalue weighted by Gasteiger charge is 2.63. The van der Waals surface area contributed by atoms with Gasteiger partial charge in [-0.1, -0.05) is 29.4 Å². The van der Waals surface area contributed by atoms with E-state index in [1.807, 2.05) is 6.07 Å². The number of hydrogen-bond acceptors (Lipinski definition) is 8. The molecule has 2 aliphatic rings. The first-order chi connectivity index (χ1) is 16.1. The van der Waals surface area contributed by atoms with Crippen LogP contribution in [0.25, 0.3) is 0 Å². The van der Waals surface area contributed by atoms with Gasteiger partial charge < -0.3 is 19.6 Å². The van der Waals surface area contributed by atoms with Crippen molar-refractivity contribution in [2.24, 2.45) is 11.1 Å². The third-order valence-corrected chi connectivity index (χ3v) is 6.54. The molecule has 3 heterocycles. The molecule has 2 aliphatic heterocycles. The summed E-state index contributed by atoms with van der Waals surface area (Å²) >= 11 is 1.29. The summed E-state index contributed by atoms with van der Waals surface area (Å²) in [6, 6.07) is 17.5. The molecule has 0 fully saturated rings. The number of rotatable bonds is 6. The van der Waals surface area contributed by atoms with Crippen molar-refractivity contribution in [1.82, 2.24) is 0 Å². The molecule has 2 atom stereocenters. The molecule has 164 valence electrons. The van der Waals surface area contributed by atoms with E-state index in [-0.39, 0.29) is 12.4 Å². The molecule has 33 heavy (non-hydrogen) atoms. The van der Waals surface area contributed by atoms with Gasteiger partial charge in [0.05, 0.1) is 12.0 Å². The zero-order chi connectivity index (χ0) is 23.0. The second kappa shape index (κ2) is 8.07. The largest absolute Gasteiger partial charge is 0.493 e. The number of fused-ring (bicyclic) bond motifs is 2. The standard InChI is InChI=1S/C24H17N3O5S/c1-30-18-13-14(8-9-17(18)31-11-10-25)21-20(22(28)19-7-4-12-33-19)24(32-27-21)15-5-2-3-6-16(15)26-23(24)29/h2-9,12-13,20H,11H2,1H3,(H,26,29)/t20-,24+/m0/s1. The molecule has 0 bridgehead atoms. The number of hydrogen-bond donors (Lipinski definition) is 1. The maximum Gasteiger partial charge on any atom is 0.277 e. The molecule has 0 saturated carbocycles. The van der Waals surface area contributed by atoms with Gasteiger partial charge in [-0.3, -0.25) is 9.59 Å². The number of oxime groups is 1. The van der Waals surface area contributed by atoms with Gasteiger partial charge in [0.15, 0.2) is 23.9 Å². The molecule has 0 aliphatic carbocycles. The molecular formula is C24H17N3O5S. The summed E-state index contributed by atoms with van der Waals surface area (Å²) in [6.07, 6.45) is 0. The minimum atomic E-state index is -1.61. The number of ether oxygens (including phenoxy) is 2. The monoisotopic (exact) mass is 459 g/mol. The van der Waals surface area contributed by atoms with Crippen LogP contribution in [0.1, 0.15) is 20.8 Å². The Balaban J connectivity index is 1.64. The van der Waals surface area contributed by atoms with Crippen LogP contribution in [0.4, 0.5) is 5.69 Å². The number of para-hydroxylation sites is 1. The molecule has 9 heteroatoms. The Bertz CT molecular complexity index is 1330. The van der Waals surface area contributed by atoms with E-state index in [0.29, 0.717) is 38.9 Å². The van der Waals surface area contributed by atoms with E-state index in [1.165, 1.54) is 18.4 Å². The number of nitriles is 1. The van der Waals surface area contributed by atoms with Gasteiger partial charge in [-0.05, 0) is 35.7 Å². The second-order valence-corrected chi connectivity index (χ2v) is 8.34. The van der Waals surface area contributed by atoms with Gasteiger partial charge in [-0.25, -0.2) is 0 Å². The van der Waals surface area contributed by atoms with Crippen LogP contribution < -0.4 is 14.8 Å². The van der Waals surface area contributed by atoms with Crippen LogP contribution in [-0.2, 0) is 15.2 Å². The van der Waals surface area contributed by atoms with Gasteiger partial charge in [0.25, 0.3) is 11.5 Å². The topological polar surface area (TPSA) is 110 Å². The van der Waals surface area contributed by atoms with Crippen molar-refractivity contribution in [2.75, 3.05) is 19.0 Å². The summed E-state index contributed by atoms with van der Waals surface area (Å²) in [6.45, 7) is -0.140. The molecular weight excluding hydrogens is 442 g/mol. The number of anilines is 1. The van der Waals surface area contributed by atoms with E-state index in [0.717, 1.165) is 0 Å². The number of amides is 1. The van der Waals surface area contributed by atoms with Gasteiger partial charge in [-0.15, -0.1) is 11.3 Å². The third-order valence-electron chi connectivity index (χ3n) is 5.66. The lowest BCUT2D eigenvalue weighted by atomic mass is 9.75. The molecule has 2 aromatic carbocycles. The number of nitrogens with one attached hydrogen (secondary N) is 1. The molecule has 0 radical (unpaired) electrons. The van der Waals surface area contributed by atoms with Crippen molar-refractivity contribution < 1.29 is 23.9 Å². The van der Waals surface area contributed by atoms with E-state index < -0.39 is 17.4 Å². The first kappa shape index (κ1) is 20.7. The average Bonchev–Trinajstić information content (AvgIpc) is 3.57. The number of carbonyl (C=O) groups is 2. The van der Waals surface area contributed by atoms with E-state index >= 15 is 0 Å². The highest BCUT2D eigenvalue weighted by molar-refractivity contribution is 7.12. The maximum absolute atomic E-state index is 13.7. The third kappa shape index (κ3) is 3.15. The molecule has 1 N–H and O–H groups in total. The first-order valence-electron chi connectivity index (χ1n) is 10.0. The summed E-state index contributed by atoms with van der Waals surface area (Å²) in [5.41, 5.74) is 0.381. The Hall–Kier alpha value is -4.16. The van der Waals surface area contributed by atoms with Gasteiger partial charge in [0.1, 0.15) is 17.7 Å². The molecule has 3 aromatic rings.